The number of carboxylic acids is 1. The van der Waals surface area contributed by atoms with E-state index in [-0.39, 0.29) is 30.7 Å². The summed E-state index contributed by atoms with van der Waals surface area (Å²) in [5.74, 6) is -1.11. The van der Waals surface area contributed by atoms with E-state index in [9.17, 15) is 14.4 Å². The normalized spacial score (nSPS) is 17.8. The monoisotopic (exact) mass is 310 g/mol. The van der Waals surface area contributed by atoms with Crippen molar-refractivity contribution in [2.45, 2.75) is 12.8 Å². The zero-order valence-electron chi connectivity index (χ0n) is 11.8. The molecule has 1 aliphatic rings. The smallest absolute Gasteiger partial charge is 0.303 e. The number of amides is 2. The van der Waals surface area contributed by atoms with Crippen LogP contribution < -0.4 is 0 Å². The van der Waals surface area contributed by atoms with Crippen LogP contribution >= 0.6 is 11.3 Å². The lowest BCUT2D eigenvalue weighted by molar-refractivity contribution is -0.138. The maximum atomic E-state index is 12.1. The second kappa shape index (κ2) is 6.71. The summed E-state index contributed by atoms with van der Waals surface area (Å²) in [4.78, 5) is 38.5. The van der Waals surface area contributed by atoms with Gasteiger partial charge in [-0.2, -0.15) is 0 Å². The Balaban J connectivity index is 1.84. The molecule has 1 aromatic rings. The van der Waals surface area contributed by atoms with Crippen molar-refractivity contribution in [3.63, 3.8) is 0 Å². The zero-order chi connectivity index (χ0) is 15.4. The summed E-state index contributed by atoms with van der Waals surface area (Å²) >= 11 is 1.34. The van der Waals surface area contributed by atoms with Crippen LogP contribution in [0.25, 0.3) is 0 Å². The third kappa shape index (κ3) is 4.04. The average Bonchev–Trinajstić information content (AvgIpc) is 3.07. The van der Waals surface area contributed by atoms with Crippen molar-refractivity contribution >= 4 is 29.1 Å². The maximum absolute atomic E-state index is 12.1. The summed E-state index contributed by atoms with van der Waals surface area (Å²) in [6.45, 7) is 1.06. The lowest BCUT2D eigenvalue weighted by atomic mass is 10.1. The molecule has 1 aromatic heterocycles. The van der Waals surface area contributed by atoms with E-state index in [1.807, 2.05) is 5.38 Å². The molecule has 0 radical (unpaired) electrons. The van der Waals surface area contributed by atoms with E-state index in [0.29, 0.717) is 24.4 Å². The van der Waals surface area contributed by atoms with Gasteiger partial charge in [-0.25, -0.2) is 0 Å². The summed E-state index contributed by atoms with van der Waals surface area (Å²) in [6, 6.07) is 3.53. The molecule has 2 amide bonds. The first-order valence-electron chi connectivity index (χ1n) is 6.76. The van der Waals surface area contributed by atoms with Crippen LogP contribution in [0.15, 0.2) is 17.5 Å². The van der Waals surface area contributed by atoms with Gasteiger partial charge < -0.3 is 14.9 Å². The minimum absolute atomic E-state index is 0.0183. The number of carbonyl (C=O) groups is 3. The number of rotatable bonds is 5. The molecule has 0 saturated carbocycles. The fourth-order valence-corrected chi connectivity index (χ4v) is 3.15. The Hall–Kier alpha value is -1.89. The minimum Gasteiger partial charge on any atom is -0.481 e. The highest BCUT2D eigenvalue weighted by atomic mass is 32.1. The number of likely N-dealkylation sites (tertiary alicyclic amines) is 1. The molecule has 2 rings (SSSR count). The Morgan fingerprint density at radius 1 is 1.48 bits per heavy atom. The molecule has 0 spiro atoms. The third-order valence-electron chi connectivity index (χ3n) is 3.55. The van der Waals surface area contributed by atoms with E-state index < -0.39 is 5.97 Å². The summed E-state index contributed by atoms with van der Waals surface area (Å²) in [5.41, 5.74) is 0. The van der Waals surface area contributed by atoms with Crippen molar-refractivity contribution in [1.29, 1.82) is 0 Å². The van der Waals surface area contributed by atoms with Gasteiger partial charge in [0.25, 0.3) is 5.91 Å². The third-order valence-corrected chi connectivity index (χ3v) is 4.41. The number of nitrogens with zero attached hydrogens (tertiary/aromatic N) is 2. The van der Waals surface area contributed by atoms with E-state index in [2.05, 4.69) is 0 Å². The van der Waals surface area contributed by atoms with Gasteiger partial charge in [-0.1, -0.05) is 6.07 Å². The van der Waals surface area contributed by atoms with Crippen LogP contribution in [0, 0.1) is 5.92 Å². The van der Waals surface area contributed by atoms with Crippen molar-refractivity contribution in [3.05, 3.63) is 22.4 Å². The SMILES string of the molecule is CN(CC(=O)N1CCC(CC(=O)O)C1)C(=O)c1cccs1. The lowest BCUT2D eigenvalue weighted by Crippen LogP contribution is -2.40. The highest BCUT2D eigenvalue weighted by Crippen LogP contribution is 2.20. The van der Waals surface area contributed by atoms with Gasteiger partial charge in [0.15, 0.2) is 0 Å². The van der Waals surface area contributed by atoms with E-state index in [1.165, 1.54) is 16.2 Å². The molecule has 114 valence electrons. The molecular formula is C14H18N2O4S. The molecule has 7 heteroatoms. The van der Waals surface area contributed by atoms with Crippen molar-refractivity contribution in [2.24, 2.45) is 5.92 Å². The van der Waals surface area contributed by atoms with E-state index in [4.69, 9.17) is 5.11 Å². The van der Waals surface area contributed by atoms with Gasteiger partial charge in [0.1, 0.15) is 0 Å². The van der Waals surface area contributed by atoms with Gasteiger partial charge in [0.2, 0.25) is 5.91 Å². The number of thiophene rings is 1. The second-order valence-electron chi connectivity index (χ2n) is 5.23. The number of hydrogen-bond donors (Lipinski definition) is 1. The van der Waals surface area contributed by atoms with Crippen LogP contribution in [0.2, 0.25) is 0 Å². The number of carbonyl (C=O) groups excluding carboxylic acids is 2. The first-order valence-corrected chi connectivity index (χ1v) is 7.64. The molecule has 2 heterocycles. The Labute approximate surface area is 127 Å². The molecule has 1 fully saturated rings. The summed E-state index contributed by atoms with van der Waals surface area (Å²) in [6.07, 6.45) is 0.800. The van der Waals surface area contributed by atoms with Crippen LogP contribution in [-0.4, -0.2) is 59.4 Å². The Morgan fingerprint density at radius 3 is 2.86 bits per heavy atom. The van der Waals surface area contributed by atoms with E-state index >= 15 is 0 Å². The van der Waals surface area contributed by atoms with Gasteiger partial charge >= 0.3 is 5.97 Å². The average molecular weight is 310 g/mol. The van der Waals surface area contributed by atoms with Gasteiger partial charge in [0.05, 0.1) is 11.4 Å². The second-order valence-corrected chi connectivity index (χ2v) is 6.18. The molecule has 0 bridgehead atoms. The zero-order valence-corrected chi connectivity index (χ0v) is 12.6. The van der Waals surface area contributed by atoms with Gasteiger partial charge in [-0.3, -0.25) is 14.4 Å². The fraction of sp³-hybridized carbons (Fsp3) is 0.500. The molecule has 0 aromatic carbocycles. The van der Waals surface area contributed by atoms with E-state index in [0.717, 1.165) is 0 Å². The molecule has 1 saturated heterocycles. The predicted molar refractivity (Wildman–Crippen MR) is 78.2 cm³/mol. The summed E-state index contributed by atoms with van der Waals surface area (Å²) in [5, 5.41) is 10.6. The number of carboxylic acid groups (broad SMARTS) is 1. The highest BCUT2D eigenvalue weighted by Gasteiger charge is 2.28. The van der Waals surface area contributed by atoms with Crippen LogP contribution in [0.3, 0.4) is 0 Å². The number of aliphatic carboxylic acids is 1. The first-order chi connectivity index (χ1) is 9.97. The Kier molecular flexibility index (Phi) is 4.95. The molecular weight excluding hydrogens is 292 g/mol. The van der Waals surface area contributed by atoms with Crippen molar-refractivity contribution in [2.75, 3.05) is 26.7 Å². The van der Waals surface area contributed by atoms with Gasteiger partial charge in [-0.15, -0.1) is 11.3 Å². The van der Waals surface area contributed by atoms with Crippen LogP contribution in [0.5, 0.6) is 0 Å². The molecule has 21 heavy (non-hydrogen) atoms. The molecule has 0 aliphatic carbocycles. The largest absolute Gasteiger partial charge is 0.481 e. The van der Waals surface area contributed by atoms with Crippen molar-refractivity contribution in [1.82, 2.24) is 9.80 Å². The molecule has 1 unspecified atom stereocenters. The summed E-state index contributed by atoms with van der Waals surface area (Å²) in [7, 11) is 1.60. The van der Waals surface area contributed by atoms with Crippen molar-refractivity contribution < 1.29 is 19.5 Å². The Morgan fingerprint density at radius 2 is 2.24 bits per heavy atom. The number of hydrogen-bond acceptors (Lipinski definition) is 4. The fourth-order valence-electron chi connectivity index (χ4n) is 2.44. The molecule has 1 atom stereocenters. The minimum atomic E-state index is -0.834. The van der Waals surface area contributed by atoms with E-state index in [1.54, 1.807) is 24.1 Å². The first kappa shape index (κ1) is 15.5. The van der Waals surface area contributed by atoms with Gasteiger partial charge in [-0.05, 0) is 23.8 Å². The number of likely N-dealkylation sites (N-methyl/N-ethyl adjacent to an activating group) is 1. The molecule has 6 nitrogen and oxygen atoms in total. The lowest BCUT2D eigenvalue weighted by Gasteiger charge is -2.21. The predicted octanol–water partition coefficient (Wildman–Crippen LogP) is 1.14. The highest BCUT2D eigenvalue weighted by molar-refractivity contribution is 7.12. The summed E-state index contributed by atoms with van der Waals surface area (Å²) < 4.78 is 0. The quantitative estimate of drug-likeness (QED) is 0.885. The molecule has 1 aliphatic heterocycles. The van der Waals surface area contributed by atoms with Gasteiger partial charge in [0, 0.05) is 26.6 Å². The van der Waals surface area contributed by atoms with Crippen LogP contribution in [0.1, 0.15) is 22.5 Å². The standard InChI is InChI=1S/C14H18N2O4S/c1-15(14(20)11-3-2-6-21-11)9-12(17)16-5-4-10(8-16)7-13(18)19/h2-3,6,10H,4-5,7-9H2,1H3,(H,18,19). The topological polar surface area (TPSA) is 77.9 Å². The van der Waals surface area contributed by atoms with Crippen molar-refractivity contribution in [3.8, 4) is 0 Å². The maximum Gasteiger partial charge on any atom is 0.303 e. The van der Waals surface area contributed by atoms with Crippen LogP contribution in [-0.2, 0) is 9.59 Å². The Bertz CT molecular complexity index is 529. The molecule has 1 N–H and O–H groups in total. The van der Waals surface area contributed by atoms with Crippen LogP contribution in [0.4, 0.5) is 0 Å².